The van der Waals surface area contributed by atoms with E-state index in [9.17, 15) is 0 Å². The fourth-order valence-corrected chi connectivity index (χ4v) is 3.84. The van der Waals surface area contributed by atoms with Crippen LogP contribution >= 0.6 is 0 Å². The fourth-order valence-electron chi connectivity index (χ4n) is 3.84. The topological polar surface area (TPSA) is 59.6 Å². The second-order valence-electron chi connectivity index (χ2n) is 6.42. The molecule has 2 aliphatic rings. The summed E-state index contributed by atoms with van der Waals surface area (Å²) in [6.45, 7) is 6.60. The minimum absolute atomic E-state index is 0.0795. The van der Waals surface area contributed by atoms with E-state index in [1.807, 2.05) is 0 Å². The number of aliphatic imine (C=N–C) groups is 1. The third kappa shape index (κ3) is 2.35. The van der Waals surface area contributed by atoms with E-state index < -0.39 is 0 Å². The van der Waals surface area contributed by atoms with Crippen molar-refractivity contribution in [2.24, 2.45) is 22.1 Å². The van der Waals surface area contributed by atoms with Crippen LogP contribution in [0, 0.1) is 11.3 Å². The Balaban J connectivity index is 1.95. The molecule has 3 N–H and O–H groups in total. The molecule has 2 aliphatic carbocycles. The number of nitrogens with one attached hydrogen (secondary N) is 1. The van der Waals surface area contributed by atoms with Gasteiger partial charge in [-0.25, -0.2) is 4.99 Å². The summed E-state index contributed by atoms with van der Waals surface area (Å²) in [6.07, 6.45) is 5.34. The summed E-state index contributed by atoms with van der Waals surface area (Å²) in [4.78, 5) is 4.68. The van der Waals surface area contributed by atoms with Gasteiger partial charge in [-0.3, -0.25) is 0 Å². The Hall–Kier alpha value is -0.770. The lowest BCUT2D eigenvalue weighted by Crippen LogP contribution is -2.61. The number of guanidine groups is 1. The highest BCUT2D eigenvalue weighted by Crippen LogP contribution is 2.48. The molecule has 3 unspecified atom stereocenters. The predicted octanol–water partition coefficient (Wildman–Crippen LogP) is 1.89. The number of rotatable bonds is 3. The third-order valence-electron chi connectivity index (χ3n) is 4.71. The Morgan fingerprint density at radius 3 is 2.44 bits per heavy atom. The number of nitrogens with zero attached hydrogens (tertiary/aromatic N) is 1. The lowest BCUT2D eigenvalue weighted by molar-refractivity contribution is -0.132. The maximum absolute atomic E-state index is 6.03. The van der Waals surface area contributed by atoms with Gasteiger partial charge < -0.3 is 15.8 Å². The van der Waals surface area contributed by atoms with Crippen molar-refractivity contribution in [1.29, 1.82) is 0 Å². The Morgan fingerprint density at radius 2 is 1.94 bits per heavy atom. The molecule has 2 saturated carbocycles. The van der Waals surface area contributed by atoms with Gasteiger partial charge in [-0.05, 0) is 12.8 Å². The smallest absolute Gasteiger partial charge is 0.189 e. The number of methoxy groups -OCH3 is 1. The largest absolute Gasteiger partial charge is 0.380 e. The molecule has 104 valence electrons. The first kappa shape index (κ1) is 13.7. The molecule has 18 heavy (non-hydrogen) atoms. The van der Waals surface area contributed by atoms with E-state index in [1.165, 1.54) is 25.7 Å². The second-order valence-corrected chi connectivity index (χ2v) is 6.42. The molecule has 0 amide bonds. The van der Waals surface area contributed by atoms with Gasteiger partial charge in [0.25, 0.3) is 0 Å². The zero-order valence-electron chi connectivity index (χ0n) is 12.1. The van der Waals surface area contributed by atoms with E-state index in [4.69, 9.17) is 10.5 Å². The first-order chi connectivity index (χ1) is 8.46. The molecule has 0 aliphatic heterocycles. The van der Waals surface area contributed by atoms with Gasteiger partial charge in [-0.1, -0.05) is 33.6 Å². The SMILES string of the molecule is COC1C(C)C(N=C(N)NC2CCCC2)C1(C)C. The summed E-state index contributed by atoms with van der Waals surface area (Å²) in [7, 11) is 1.78. The molecule has 2 fully saturated rings. The van der Waals surface area contributed by atoms with Crippen LogP contribution in [-0.4, -0.2) is 31.3 Å². The maximum Gasteiger partial charge on any atom is 0.189 e. The van der Waals surface area contributed by atoms with Crippen molar-refractivity contribution < 1.29 is 4.74 Å². The molecule has 0 bridgehead atoms. The molecule has 4 nitrogen and oxygen atoms in total. The minimum atomic E-state index is 0.0795. The van der Waals surface area contributed by atoms with Crippen LogP contribution in [0.1, 0.15) is 46.5 Å². The molecule has 0 aromatic carbocycles. The molecular weight excluding hydrogens is 226 g/mol. The number of nitrogens with two attached hydrogens (primary N) is 1. The van der Waals surface area contributed by atoms with Gasteiger partial charge in [0.1, 0.15) is 0 Å². The highest BCUT2D eigenvalue weighted by atomic mass is 16.5. The molecule has 0 aromatic heterocycles. The molecule has 3 atom stereocenters. The van der Waals surface area contributed by atoms with Crippen molar-refractivity contribution in [2.45, 2.75) is 64.6 Å². The number of hydrogen-bond donors (Lipinski definition) is 2. The minimum Gasteiger partial charge on any atom is -0.380 e. The normalized spacial score (nSPS) is 36.4. The van der Waals surface area contributed by atoms with Gasteiger partial charge in [-0.15, -0.1) is 0 Å². The van der Waals surface area contributed by atoms with Gasteiger partial charge in [-0.2, -0.15) is 0 Å². The molecule has 0 spiro atoms. The molecule has 0 radical (unpaired) electrons. The van der Waals surface area contributed by atoms with Crippen molar-refractivity contribution in [2.75, 3.05) is 7.11 Å². The molecule has 4 heteroatoms. The quantitative estimate of drug-likeness (QED) is 0.596. The molecule has 0 aromatic rings. The average Bonchev–Trinajstić information content (AvgIpc) is 2.79. The van der Waals surface area contributed by atoms with Gasteiger partial charge in [0.2, 0.25) is 0 Å². The molecular formula is C14H27N3O. The summed E-state index contributed by atoms with van der Waals surface area (Å²) in [5, 5.41) is 3.36. The number of ether oxygens (including phenoxy) is 1. The van der Waals surface area contributed by atoms with Gasteiger partial charge in [0.15, 0.2) is 5.96 Å². The summed E-state index contributed by atoms with van der Waals surface area (Å²) < 4.78 is 5.53. The van der Waals surface area contributed by atoms with Crippen LogP contribution in [0.2, 0.25) is 0 Å². The van der Waals surface area contributed by atoms with Crippen molar-refractivity contribution >= 4 is 5.96 Å². The highest BCUT2D eigenvalue weighted by Gasteiger charge is 2.55. The molecule has 0 heterocycles. The summed E-state index contributed by atoms with van der Waals surface area (Å²) in [5.74, 6) is 1.05. The standard InChI is InChI=1S/C14H27N3O/c1-9-11(14(2,3)12(9)18-4)17-13(15)16-10-7-5-6-8-10/h9-12H,5-8H2,1-4H3,(H3,15,16,17). The second kappa shape index (κ2) is 5.08. The van der Waals surface area contributed by atoms with E-state index in [0.29, 0.717) is 17.9 Å². The van der Waals surface area contributed by atoms with Crippen LogP contribution < -0.4 is 11.1 Å². The van der Waals surface area contributed by atoms with Gasteiger partial charge >= 0.3 is 0 Å². The zero-order chi connectivity index (χ0) is 13.3. The number of hydrogen-bond acceptors (Lipinski definition) is 2. The third-order valence-corrected chi connectivity index (χ3v) is 4.71. The average molecular weight is 253 g/mol. The van der Waals surface area contributed by atoms with E-state index in [2.05, 4.69) is 31.1 Å². The monoisotopic (exact) mass is 253 g/mol. The molecule has 0 saturated heterocycles. The van der Waals surface area contributed by atoms with Crippen molar-refractivity contribution in [3.8, 4) is 0 Å². The highest BCUT2D eigenvalue weighted by molar-refractivity contribution is 5.78. The van der Waals surface area contributed by atoms with Crippen LogP contribution in [0.25, 0.3) is 0 Å². The van der Waals surface area contributed by atoms with Crippen molar-refractivity contribution in [1.82, 2.24) is 5.32 Å². The van der Waals surface area contributed by atoms with Crippen LogP contribution in [0.4, 0.5) is 0 Å². The summed E-state index contributed by atoms with van der Waals surface area (Å²) in [6, 6.07) is 0.793. The van der Waals surface area contributed by atoms with E-state index in [-0.39, 0.29) is 17.6 Å². The van der Waals surface area contributed by atoms with Crippen molar-refractivity contribution in [3.63, 3.8) is 0 Å². The van der Waals surface area contributed by atoms with E-state index in [0.717, 1.165) is 0 Å². The summed E-state index contributed by atoms with van der Waals surface area (Å²) >= 11 is 0. The zero-order valence-corrected chi connectivity index (χ0v) is 12.1. The van der Waals surface area contributed by atoms with E-state index >= 15 is 0 Å². The summed E-state index contributed by atoms with van der Waals surface area (Å²) in [5.41, 5.74) is 6.11. The van der Waals surface area contributed by atoms with Crippen LogP contribution in [0.3, 0.4) is 0 Å². The van der Waals surface area contributed by atoms with Crippen molar-refractivity contribution in [3.05, 3.63) is 0 Å². The maximum atomic E-state index is 6.03. The Morgan fingerprint density at radius 1 is 1.33 bits per heavy atom. The first-order valence-electron chi connectivity index (χ1n) is 7.09. The Labute approximate surface area is 110 Å². The lowest BCUT2D eigenvalue weighted by Gasteiger charge is -2.54. The van der Waals surface area contributed by atoms with Crippen LogP contribution in [0.15, 0.2) is 4.99 Å². The van der Waals surface area contributed by atoms with Gasteiger partial charge in [0.05, 0.1) is 12.1 Å². The van der Waals surface area contributed by atoms with Gasteiger partial charge in [0, 0.05) is 24.5 Å². The van der Waals surface area contributed by atoms with E-state index in [1.54, 1.807) is 7.11 Å². The predicted molar refractivity (Wildman–Crippen MR) is 74.5 cm³/mol. The Kier molecular flexibility index (Phi) is 3.85. The van der Waals surface area contributed by atoms with Crippen LogP contribution in [0.5, 0.6) is 0 Å². The first-order valence-corrected chi connectivity index (χ1v) is 7.09. The molecule has 2 rings (SSSR count). The Bertz CT molecular complexity index is 321. The fraction of sp³-hybridized carbons (Fsp3) is 0.929. The lowest BCUT2D eigenvalue weighted by atomic mass is 9.58. The van der Waals surface area contributed by atoms with Crippen LogP contribution in [-0.2, 0) is 4.74 Å².